The normalized spacial score (nSPS) is 14.8. The van der Waals surface area contributed by atoms with Crippen LogP contribution in [0.1, 0.15) is 22.8 Å². The highest BCUT2D eigenvalue weighted by Gasteiger charge is 2.20. The van der Waals surface area contributed by atoms with Gasteiger partial charge in [0.05, 0.1) is 6.42 Å². The number of anilines is 1. The lowest BCUT2D eigenvalue weighted by Gasteiger charge is -2.15. The van der Waals surface area contributed by atoms with Gasteiger partial charge in [-0.25, -0.2) is 0 Å². The SMILES string of the molecule is O=C1Cc2cc(C(O)c3cc(I)ccc3Br)ccc2N1. The lowest BCUT2D eigenvalue weighted by atomic mass is 9.99. The first-order valence-electron chi connectivity index (χ1n) is 6.10. The van der Waals surface area contributed by atoms with Crippen molar-refractivity contribution in [1.29, 1.82) is 0 Å². The third kappa shape index (κ3) is 2.62. The van der Waals surface area contributed by atoms with Gasteiger partial charge in [0.1, 0.15) is 6.10 Å². The lowest BCUT2D eigenvalue weighted by Crippen LogP contribution is -2.03. The lowest BCUT2D eigenvalue weighted by molar-refractivity contribution is -0.115. The van der Waals surface area contributed by atoms with E-state index in [0.29, 0.717) is 6.42 Å². The number of aliphatic hydroxyl groups excluding tert-OH is 1. The van der Waals surface area contributed by atoms with Crippen LogP contribution in [0, 0.1) is 3.57 Å². The van der Waals surface area contributed by atoms with Gasteiger partial charge in [-0.2, -0.15) is 0 Å². The minimum absolute atomic E-state index is 0.00193. The maximum absolute atomic E-state index is 11.4. The first-order chi connectivity index (χ1) is 9.54. The Morgan fingerprint density at radius 3 is 2.85 bits per heavy atom. The molecule has 0 radical (unpaired) electrons. The number of fused-ring (bicyclic) bond motifs is 1. The minimum Gasteiger partial charge on any atom is -0.384 e. The monoisotopic (exact) mass is 443 g/mol. The molecule has 0 saturated carbocycles. The van der Waals surface area contributed by atoms with E-state index in [2.05, 4.69) is 43.8 Å². The van der Waals surface area contributed by atoms with Crippen LogP contribution >= 0.6 is 38.5 Å². The summed E-state index contributed by atoms with van der Waals surface area (Å²) in [7, 11) is 0. The third-order valence-electron chi connectivity index (χ3n) is 3.32. The largest absolute Gasteiger partial charge is 0.384 e. The maximum Gasteiger partial charge on any atom is 0.228 e. The molecule has 1 heterocycles. The highest BCUT2D eigenvalue weighted by Crippen LogP contribution is 2.33. The van der Waals surface area contributed by atoms with E-state index in [-0.39, 0.29) is 5.91 Å². The second kappa shape index (κ2) is 5.46. The molecule has 102 valence electrons. The molecule has 1 atom stereocenters. The summed E-state index contributed by atoms with van der Waals surface area (Å²) < 4.78 is 1.94. The Hall–Kier alpha value is -0.920. The maximum atomic E-state index is 11.4. The van der Waals surface area contributed by atoms with Crippen molar-refractivity contribution >= 4 is 50.1 Å². The van der Waals surface area contributed by atoms with Gasteiger partial charge in [0.15, 0.2) is 0 Å². The number of carbonyl (C=O) groups is 1. The van der Waals surface area contributed by atoms with E-state index in [1.54, 1.807) is 0 Å². The molecule has 1 aliphatic rings. The van der Waals surface area contributed by atoms with Crippen LogP contribution in [-0.2, 0) is 11.2 Å². The van der Waals surface area contributed by atoms with E-state index in [1.807, 2.05) is 36.4 Å². The minimum atomic E-state index is -0.708. The highest BCUT2D eigenvalue weighted by molar-refractivity contribution is 14.1. The molecule has 3 nitrogen and oxygen atoms in total. The molecule has 1 aliphatic heterocycles. The summed E-state index contributed by atoms with van der Waals surface area (Å²) in [5.74, 6) is 0.00193. The summed E-state index contributed by atoms with van der Waals surface area (Å²) in [6.45, 7) is 0. The molecular formula is C15H11BrINO2. The Morgan fingerprint density at radius 2 is 2.05 bits per heavy atom. The summed E-state index contributed by atoms with van der Waals surface area (Å²) in [6.07, 6.45) is -0.330. The van der Waals surface area contributed by atoms with E-state index in [0.717, 1.165) is 30.4 Å². The third-order valence-corrected chi connectivity index (χ3v) is 4.72. The van der Waals surface area contributed by atoms with Crippen molar-refractivity contribution in [3.8, 4) is 0 Å². The Labute approximate surface area is 138 Å². The molecule has 20 heavy (non-hydrogen) atoms. The van der Waals surface area contributed by atoms with E-state index in [9.17, 15) is 9.90 Å². The van der Waals surface area contributed by atoms with Gasteiger partial charge in [-0.3, -0.25) is 4.79 Å². The van der Waals surface area contributed by atoms with Crippen molar-refractivity contribution in [3.05, 3.63) is 61.1 Å². The van der Waals surface area contributed by atoms with Gasteiger partial charge in [-0.15, -0.1) is 0 Å². The fourth-order valence-corrected chi connectivity index (χ4v) is 3.30. The molecule has 1 amide bonds. The molecule has 0 saturated heterocycles. The second-order valence-electron chi connectivity index (χ2n) is 4.71. The number of carbonyl (C=O) groups excluding carboxylic acids is 1. The van der Waals surface area contributed by atoms with Gasteiger partial charge in [0, 0.05) is 19.3 Å². The van der Waals surface area contributed by atoms with Crippen LogP contribution in [0.15, 0.2) is 40.9 Å². The number of hydrogen-bond donors (Lipinski definition) is 2. The molecule has 0 fully saturated rings. The number of hydrogen-bond acceptors (Lipinski definition) is 2. The van der Waals surface area contributed by atoms with E-state index < -0.39 is 6.10 Å². The van der Waals surface area contributed by atoms with Gasteiger partial charge < -0.3 is 10.4 Å². The number of nitrogens with one attached hydrogen (secondary N) is 1. The smallest absolute Gasteiger partial charge is 0.228 e. The van der Waals surface area contributed by atoms with E-state index >= 15 is 0 Å². The quantitative estimate of drug-likeness (QED) is 0.696. The van der Waals surface area contributed by atoms with Crippen LogP contribution in [0.4, 0.5) is 5.69 Å². The molecule has 2 aromatic carbocycles. The van der Waals surface area contributed by atoms with Crippen LogP contribution in [0.5, 0.6) is 0 Å². The standard InChI is InChI=1S/C15H11BrINO2/c16-12-3-2-10(17)7-11(12)15(20)8-1-4-13-9(5-8)6-14(19)18-13/h1-5,7,15,20H,6H2,(H,18,19). The molecular weight excluding hydrogens is 433 g/mol. The molecule has 1 unspecified atom stereocenters. The summed E-state index contributed by atoms with van der Waals surface area (Å²) in [6, 6.07) is 11.4. The molecule has 0 aromatic heterocycles. The van der Waals surface area contributed by atoms with Crippen molar-refractivity contribution in [2.45, 2.75) is 12.5 Å². The van der Waals surface area contributed by atoms with Crippen LogP contribution in [0.25, 0.3) is 0 Å². The Morgan fingerprint density at radius 1 is 1.25 bits per heavy atom. The first-order valence-corrected chi connectivity index (χ1v) is 7.97. The van der Waals surface area contributed by atoms with Gasteiger partial charge in [0.2, 0.25) is 5.91 Å². The highest BCUT2D eigenvalue weighted by atomic mass is 127. The van der Waals surface area contributed by atoms with Crippen LogP contribution in [0.2, 0.25) is 0 Å². The molecule has 5 heteroatoms. The zero-order valence-corrected chi connectivity index (χ0v) is 14.1. The fraction of sp³-hybridized carbons (Fsp3) is 0.133. The van der Waals surface area contributed by atoms with Gasteiger partial charge in [-0.05, 0) is 58.0 Å². The Kier molecular flexibility index (Phi) is 3.83. The number of benzene rings is 2. The number of aliphatic hydroxyl groups is 1. The van der Waals surface area contributed by atoms with Crippen LogP contribution in [-0.4, -0.2) is 11.0 Å². The summed E-state index contributed by atoms with van der Waals surface area (Å²) >= 11 is 5.69. The summed E-state index contributed by atoms with van der Waals surface area (Å²) in [5, 5.41) is 13.3. The van der Waals surface area contributed by atoms with E-state index in [1.165, 1.54) is 0 Å². The van der Waals surface area contributed by atoms with Crippen molar-refractivity contribution in [2.75, 3.05) is 5.32 Å². The molecule has 3 rings (SSSR count). The van der Waals surface area contributed by atoms with Crippen LogP contribution < -0.4 is 5.32 Å². The van der Waals surface area contributed by atoms with E-state index in [4.69, 9.17) is 0 Å². The van der Waals surface area contributed by atoms with Gasteiger partial charge >= 0.3 is 0 Å². The van der Waals surface area contributed by atoms with Crippen molar-refractivity contribution in [2.24, 2.45) is 0 Å². The average molecular weight is 444 g/mol. The summed E-state index contributed by atoms with van der Waals surface area (Å²) in [5.41, 5.74) is 3.40. The second-order valence-corrected chi connectivity index (χ2v) is 6.81. The zero-order chi connectivity index (χ0) is 14.3. The number of amides is 1. The molecule has 0 spiro atoms. The number of rotatable bonds is 2. The van der Waals surface area contributed by atoms with Gasteiger partial charge in [0.25, 0.3) is 0 Å². The molecule has 0 aliphatic carbocycles. The van der Waals surface area contributed by atoms with Gasteiger partial charge in [-0.1, -0.05) is 28.1 Å². The van der Waals surface area contributed by atoms with Crippen molar-refractivity contribution in [3.63, 3.8) is 0 Å². The van der Waals surface area contributed by atoms with Crippen molar-refractivity contribution in [1.82, 2.24) is 0 Å². The molecule has 2 N–H and O–H groups in total. The van der Waals surface area contributed by atoms with Crippen molar-refractivity contribution < 1.29 is 9.90 Å². The predicted molar refractivity (Wildman–Crippen MR) is 89.7 cm³/mol. The Balaban J connectivity index is 1.99. The molecule has 2 aromatic rings. The fourth-order valence-electron chi connectivity index (χ4n) is 2.32. The zero-order valence-electron chi connectivity index (χ0n) is 10.4. The van der Waals surface area contributed by atoms with Crippen LogP contribution in [0.3, 0.4) is 0 Å². The topological polar surface area (TPSA) is 49.3 Å². The number of halogens is 2. The molecule has 0 bridgehead atoms. The summed E-state index contributed by atoms with van der Waals surface area (Å²) in [4.78, 5) is 11.4. The predicted octanol–water partition coefficient (Wildman–Crippen LogP) is 3.63. The average Bonchev–Trinajstić information content (AvgIpc) is 2.79. The Bertz CT molecular complexity index is 702. The first kappa shape index (κ1) is 14.0.